The van der Waals surface area contributed by atoms with Gasteiger partial charge in [0.1, 0.15) is 23.7 Å². The third-order valence-corrected chi connectivity index (χ3v) is 13.5. The van der Waals surface area contributed by atoms with Crippen molar-refractivity contribution in [2.45, 2.75) is 51.6 Å². The fourth-order valence-electron chi connectivity index (χ4n) is 8.34. The molecule has 396 valence electrons. The monoisotopic (exact) mass is 1110 g/mol. The van der Waals surface area contributed by atoms with Crippen LogP contribution in [0.5, 0.6) is 0 Å². The van der Waals surface area contributed by atoms with Crippen LogP contribution in [0.4, 0.5) is 26.3 Å². The lowest BCUT2D eigenvalue weighted by Gasteiger charge is -2.37. The molecule has 4 atom stereocenters. The fourth-order valence-corrected chi connectivity index (χ4v) is 10.1. The Bertz CT molecular complexity index is 2600. The molecule has 4 aromatic rings. The van der Waals surface area contributed by atoms with E-state index in [9.17, 15) is 55.7 Å². The van der Waals surface area contributed by atoms with E-state index in [1.165, 1.54) is 56.7 Å². The molecule has 0 amide bonds. The van der Waals surface area contributed by atoms with E-state index < -0.39 is 97.2 Å². The van der Waals surface area contributed by atoms with Gasteiger partial charge in [-0.05, 0) is 24.3 Å². The highest BCUT2D eigenvalue weighted by Crippen LogP contribution is 2.40. The summed E-state index contributed by atoms with van der Waals surface area (Å²) in [5.74, 6) is -13.9. The molecular weight excluding hydrogens is 1060 g/mol. The van der Waals surface area contributed by atoms with Gasteiger partial charge in [0.25, 0.3) is 11.8 Å². The predicted molar refractivity (Wildman–Crippen MR) is 261 cm³/mol. The maximum absolute atomic E-state index is 14.4. The number of aromatic nitrogens is 2. The summed E-state index contributed by atoms with van der Waals surface area (Å²) in [7, 11) is 2.32. The number of nitrogens with one attached hydrogen (secondary N) is 2. The molecule has 2 aromatic heterocycles. The summed E-state index contributed by atoms with van der Waals surface area (Å²) >= 11 is 15.1. The van der Waals surface area contributed by atoms with Gasteiger partial charge in [0.2, 0.25) is 0 Å². The van der Waals surface area contributed by atoms with Crippen LogP contribution in [-0.4, -0.2) is 136 Å². The second-order valence-corrected chi connectivity index (χ2v) is 18.9. The van der Waals surface area contributed by atoms with Crippen LogP contribution >= 0.6 is 45.9 Å². The smallest absolute Gasteiger partial charge is 0.338 e. The number of aliphatic carboxylic acids is 2. The molecule has 2 fully saturated rings. The number of thiazole rings is 2. The molecule has 6 N–H and O–H groups in total. The number of halogens is 8. The third kappa shape index (κ3) is 14.2. The molecular formula is C46H50Cl2F6N8O9S2. The van der Waals surface area contributed by atoms with Crippen molar-refractivity contribution in [3.63, 3.8) is 0 Å². The van der Waals surface area contributed by atoms with Gasteiger partial charge in [-0.1, -0.05) is 50.2 Å². The van der Waals surface area contributed by atoms with E-state index in [1.807, 2.05) is 0 Å². The molecule has 4 aliphatic heterocycles. The number of piperidine rings is 2. The first-order valence-corrected chi connectivity index (χ1v) is 23.3. The topological polar surface area (TPSA) is 240 Å². The van der Waals surface area contributed by atoms with Gasteiger partial charge in [0.15, 0.2) is 21.7 Å². The molecule has 27 heteroatoms. The Labute approximate surface area is 432 Å². The summed E-state index contributed by atoms with van der Waals surface area (Å²) < 4.78 is 94.8. The number of aliphatic imine (C=N–C) groups is 2. The Hall–Kier alpha value is -5.96. The molecule has 0 spiro atoms. The number of esters is 2. The Morgan fingerprint density at radius 3 is 1.37 bits per heavy atom. The van der Waals surface area contributed by atoms with Crippen molar-refractivity contribution in [1.29, 1.82) is 0 Å². The van der Waals surface area contributed by atoms with E-state index in [2.05, 4.69) is 30.6 Å². The van der Waals surface area contributed by atoms with Crippen LogP contribution in [0, 0.1) is 23.5 Å². The number of rotatable bonds is 12. The zero-order chi connectivity index (χ0) is 50.7. The predicted octanol–water partition coefficient (Wildman–Crippen LogP) is 7.44. The van der Waals surface area contributed by atoms with Crippen LogP contribution in [0.1, 0.15) is 60.9 Å². The molecule has 1 unspecified atom stereocenters. The minimum absolute atomic E-state index is 0. The van der Waals surface area contributed by atoms with Crippen LogP contribution < -0.4 is 10.6 Å². The first-order chi connectivity index (χ1) is 33.1. The van der Waals surface area contributed by atoms with Crippen LogP contribution in [-0.2, 0) is 28.7 Å². The number of benzene rings is 2. The summed E-state index contributed by atoms with van der Waals surface area (Å²) in [6.45, 7) is -2.11. The van der Waals surface area contributed by atoms with Gasteiger partial charge in [-0.3, -0.25) is 29.4 Å². The van der Waals surface area contributed by atoms with Gasteiger partial charge in [0, 0.05) is 94.7 Å². The highest BCUT2D eigenvalue weighted by molar-refractivity contribution is 7.12. The van der Waals surface area contributed by atoms with E-state index in [-0.39, 0.29) is 90.8 Å². The number of hydrogen-bond donors (Lipinski definition) is 4. The van der Waals surface area contributed by atoms with Crippen LogP contribution in [0.3, 0.4) is 0 Å². The SMILES string of the molecule is C.C.COC(=O)C1=C(CN2CC(C(=O)O)CC(F)(F)C2)NC(c2nccs2)=N[C@H]1c1ccc(F)cc1Cl.COC(=O)C1=C(CN2C[C@H](C(=O)O)CC(F)(F)C2)NC(c2nccs2)=N[C@H]1c1ccc(F)cc1Cl.O. The number of carbonyl (C=O) groups is 4. The van der Waals surface area contributed by atoms with Crippen LogP contribution in [0.25, 0.3) is 0 Å². The quantitative estimate of drug-likeness (QED) is 0.0797. The molecule has 2 saturated heterocycles. The maximum atomic E-state index is 14.4. The highest BCUT2D eigenvalue weighted by atomic mass is 35.5. The van der Waals surface area contributed by atoms with Gasteiger partial charge in [0.05, 0.1) is 50.3 Å². The lowest BCUT2D eigenvalue weighted by Crippen LogP contribution is -2.51. The summed E-state index contributed by atoms with van der Waals surface area (Å²) in [5, 5.41) is 29.1. The number of nitrogens with zero attached hydrogens (tertiary/aromatic N) is 6. The van der Waals surface area contributed by atoms with Gasteiger partial charge in [-0.15, -0.1) is 22.7 Å². The van der Waals surface area contributed by atoms with Crippen molar-refractivity contribution in [1.82, 2.24) is 30.4 Å². The summed E-state index contributed by atoms with van der Waals surface area (Å²) in [5.41, 5.74) is 0.945. The maximum Gasteiger partial charge on any atom is 0.338 e. The average Bonchev–Trinajstić information content (AvgIpc) is 4.04. The minimum Gasteiger partial charge on any atom is -0.481 e. The fraction of sp³-hybridized carbons (Fsp3) is 0.391. The molecule has 8 rings (SSSR count). The van der Waals surface area contributed by atoms with E-state index in [0.717, 1.165) is 26.4 Å². The molecule has 4 aliphatic rings. The van der Waals surface area contributed by atoms with Crippen molar-refractivity contribution in [3.8, 4) is 0 Å². The number of alkyl halides is 4. The zero-order valence-corrected chi connectivity index (χ0v) is 40.3. The molecule has 0 bridgehead atoms. The molecule has 0 saturated carbocycles. The Morgan fingerprint density at radius 1 is 0.699 bits per heavy atom. The number of methoxy groups -OCH3 is 2. The normalized spacial score (nSPS) is 21.5. The number of ether oxygens (including phenoxy) is 2. The number of amidine groups is 2. The summed E-state index contributed by atoms with van der Waals surface area (Å²) in [6.07, 6.45) is 1.56. The van der Waals surface area contributed by atoms with Crippen LogP contribution in [0.15, 0.2) is 92.1 Å². The summed E-state index contributed by atoms with van der Waals surface area (Å²) in [4.78, 5) is 68.9. The van der Waals surface area contributed by atoms with Crippen LogP contribution in [0.2, 0.25) is 10.0 Å². The number of carboxylic acids is 2. The van der Waals surface area contributed by atoms with Crippen molar-refractivity contribution in [2.24, 2.45) is 21.8 Å². The van der Waals surface area contributed by atoms with E-state index in [1.54, 1.807) is 23.2 Å². The molecule has 73 heavy (non-hydrogen) atoms. The Morgan fingerprint density at radius 2 is 1.07 bits per heavy atom. The lowest BCUT2D eigenvalue weighted by molar-refractivity contribution is -0.153. The highest BCUT2D eigenvalue weighted by Gasteiger charge is 2.46. The molecule has 0 aliphatic carbocycles. The standard InChI is InChI=1S/2C22H20ClF3N4O4S.2CH4.H2O/c2*1-34-21(33)16-15(9-30-8-11(20(31)32)7-22(25,26)10-30)28-18(19-27-4-5-35-19)29-17(16)13-3-2-12(24)6-14(13)23;;;/h2*2-6,11,17H,7-10H2,1H3,(H,28,29)(H,31,32);2*1H4;1H2/t11?,17-;11-,17+;;;/m01.../s1. The number of hydrogen-bond acceptors (Lipinski definition) is 16. The molecule has 2 aromatic carbocycles. The van der Waals surface area contributed by atoms with Crippen molar-refractivity contribution < 1.29 is 70.7 Å². The molecule has 6 heterocycles. The molecule has 17 nitrogen and oxygen atoms in total. The number of carbonyl (C=O) groups excluding carboxylic acids is 2. The Balaban J connectivity index is 0.000000304. The average molecular weight is 1110 g/mol. The van der Waals surface area contributed by atoms with E-state index in [0.29, 0.717) is 21.1 Å². The summed E-state index contributed by atoms with van der Waals surface area (Å²) in [6, 6.07) is 5.15. The second kappa shape index (κ2) is 24.8. The largest absolute Gasteiger partial charge is 0.481 e. The van der Waals surface area contributed by atoms with Gasteiger partial charge in [-0.25, -0.2) is 45.9 Å². The van der Waals surface area contributed by atoms with Gasteiger partial charge in [-0.2, -0.15) is 0 Å². The second-order valence-electron chi connectivity index (χ2n) is 16.3. The first-order valence-electron chi connectivity index (χ1n) is 20.8. The van der Waals surface area contributed by atoms with E-state index >= 15 is 0 Å². The van der Waals surface area contributed by atoms with E-state index in [4.69, 9.17) is 32.7 Å². The van der Waals surface area contributed by atoms with Crippen molar-refractivity contribution in [2.75, 3.05) is 53.5 Å². The molecule has 0 radical (unpaired) electrons. The lowest BCUT2D eigenvalue weighted by atomic mass is 9.93. The van der Waals surface area contributed by atoms with Gasteiger partial charge >= 0.3 is 23.9 Å². The minimum atomic E-state index is -3.23. The third-order valence-electron chi connectivity index (χ3n) is 11.3. The van der Waals surface area contributed by atoms with Crippen molar-refractivity contribution in [3.05, 3.63) is 125 Å². The number of likely N-dealkylation sites (tertiary alicyclic amines) is 2. The zero-order valence-electron chi connectivity index (χ0n) is 37.1. The first kappa shape index (κ1) is 59.6. The van der Waals surface area contributed by atoms with Gasteiger partial charge < -0.3 is 35.8 Å². The number of carboxylic acid groups (broad SMARTS) is 2. The van der Waals surface area contributed by atoms with Crippen molar-refractivity contribution >= 4 is 81.4 Å². The Kier molecular flexibility index (Phi) is 20.3.